The van der Waals surface area contributed by atoms with E-state index in [1.54, 1.807) is 92.7 Å². The van der Waals surface area contributed by atoms with Crippen molar-refractivity contribution in [3.63, 3.8) is 0 Å². The highest BCUT2D eigenvalue weighted by molar-refractivity contribution is 5.96. The maximum absolute atomic E-state index is 15.8. The second-order valence-corrected chi connectivity index (χ2v) is 23.3. The zero-order chi connectivity index (χ0) is 57.9. The van der Waals surface area contributed by atoms with Crippen molar-refractivity contribution in [3.05, 3.63) is 119 Å². The largest absolute Gasteiger partial charge is 0.455 e. The van der Waals surface area contributed by atoms with Crippen LogP contribution in [0, 0.1) is 16.7 Å². The van der Waals surface area contributed by atoms with E-state index in [-0.39, 0.29) is 48.1 Å². The molecule has 3 aliphatic carbocycles. The zero-order valence-corrected chi connectivity index (χ0v) is 47.2. The van der Waals surface area contributed by atoms with Gasteiger partial charge in [-0.2, -0.15) is 0 Å². The number of nitrogens with one attached hydrogen (secondary N) is 1. The van der Waals surface area contributed by atoms with E-state index in [1.165, 1.54) is 26.0 Å². The Kier molecular flexibility index (Phi) is 18.2. The average molecular weight is 1100 g/mol. The molecule has 11 atom stereocenters. The van der Waals surface area contributed by atoms with E-state index >= 15 is 9.59 Å². The van der Waals surface area contributed by atoms with Gasteiger partial charge in [-0.1, -0.05) is 87.5 Å². The Bertz CT molecular complexity index is 2760. The molecule has 3 aromatic carbocycles. The van der Waals surface area contributed by atoms with Gasteiger partial charge in [-0.3, -0.25) is 24.0 Å². The molecule has 1 unspecified atom stereocenters. The van der Waals surface area contributed by atoms with E-state index < -0.39 is 130 Å². The molecule has 2 bridgehead atoms. The number of ether oxygens (including phenoxy) is 8. The molecule has 4 aliphatic rings. The summed E-state index contributed by atoms with van der Waals surface area (Å²) in [5.74, 6) is -7.83. The first kappa shape index (κ1) is 60.3. The van der Waals surface area contributed by atoms with Crippen LogP contribution in [0.25, 0.3) is 0 Å². The summed E-state index contributed by atoms with van der Waals surface area (Å²) in [6.45, 7) is 18.5. The van der Waals surface area contributed by atoms with Gasteiger partial charge in [0, 0.05) is 50.7 Å². The Morgan fingerprint density at radius 3 is 1.94 bits per heavy atom. The number of carbonyl (C=O) groups excluding carboxylic acids is 7. The number of rotatable bonds is 21. The lowest BCUT2D eigenvalue weighted by Gasteiger charge is -2.67. The van der Waals surface area contributed by atoms with Crippen LogP contribution in [-0.4, -0.2) is 131 Å². The SMILES string of the molecule is CCCOC(C)(C)CCOC(C)(C)CCC(=O)O[C@H](C(=O)O[C@@H]1C[C@]2(O)[C@H](OC(=O)c3ccccc3)C3[C@@]4(OC(C)=O)CO[C@H]4C[C@@H](O)[C@]3(C)C(=O)[C@@H](OC(C)=O)C(=C1C)C2(C)C)[C@H](NC(=O)c1ccccc1)c1ccccc1. The lowest BCUT2D eigenvalue weighted by atomic mass is 9.44. The number of aliphatic hydroxyl groups excluding tert-OH is 1. The number of esters is 5. The minimum atomic E-state index is -2.47. The third kappa shape index (κ3) is 12.4. The smallest absolute Gasteiger partial charge is 0.350 e. The molecular weight excluding hydrogens is 1020 g/mol. The summed E-state index contributed by atoms with van der Waals surface area (Å²) in [4.78, 5) is 101. The van der Waals surface area contributed by atoms with Crippen molar-refractivity contribution in [2.24, 2.45) is 16.7 Å². The summed E-state index contributed by atoms with van der Waals surface area (Å²) in [5, 5.41) is 29.2. The molecule has 1 amide bonds. The molecule has 1 heterocycles. The molecule has 2 saturated carbocycles. The Hall–Kier alpha value is -6.31. The summed E-state index contributed by atoms with van der Waals surface area (Å²) in [6, 6.07) is 23.0. The number of fused-ring (bicyclic) bond motifs is 5. The molecule has 79 heavy (non-hydrogen) atoms. The first-order valence-electron chi connectivity index (χ1n) is 27.1. The van der Waals surface area contributed by atoms with Gasteiger partial charge in [0.1, 0.15) is 30.0 Å². The third-order valence-corrected chi connectivity index (χ3v) is 16.5. The fraction of sp³-hybridized carbons (Fsp3) is 0.557. The standard InChI is InChI=1S/C61H77NO17/c1-12-31-73-57(7,8)30-32-74-56(5,6)29-28-45(66)77-49(47(39-22-16-13-17-23-39)62-53(68)40-24-18-14-19-25-40)55(70)76-42-34-61(71)52(78-54(69)41-26-20-15-21-27-41)50-59(11,43(65)33-44-60(50,35-72-44)79-38(4)64)51(67)48(75-37(3)63)46(36(42)2)58(61,9)10/h13-27,42-44,47-50,52,65,71H,12,28-35H2,1-11H3,(H,62,68)/t42-,43-,44+,47-,48+,49+,50?,52-,59+,60-,61+/m1/s1. The second kappa shape index (κ2) is 23.8. The van der Waals surface area contributed by atoms with E-state index in [0.29, 0.717) is 25.2 Å². The topological polar surface area (TPSA) is 246 Å². The maximum Gasteiger partial charge on any atom is 0.350 e. The number of ketones is 1. The van der Waals surface area contributed by atoms with Crippen molar-refractivity contribution in [1.82, 2.24) is 5.32 Å². The normalized spacial score (nSPS) is 27.9. The highest BCUT2D eigenvalue weighted by Crippen LogP contribution is 2.64. The fourth-order valence-electron chi connectivity index (χ4n) is 12.0. The Morgan fingerprint density at radius 1 is 0.785 bits per heavy atom. The van der Waals surface area contributed by atoms with E-state index in [0.717, 1.165) is 20.3 Å². The van der Waals surface area contributed by atoms with Crippen LogP contribution < -0.4 is 5.32 Å². The quantitative estimate of drug-likeness (QED) is 0.0532. The van der Waals surface area contributed by atoms with Crippen LogP contribution in [-0.2, 0) is 61.9 Å². The number of hydrogen-bond acceptors (Lipinski definition) is 17. The molecule has 3 N–H and O–H groups in total. The first-order chi connectivity index (χ1) is 37.1. The van der Waals surface area contributed by atoms with E-state index in [1.807, 2.05) is 34.6 Å². The summed E-state index contributed by atoms with van der Waals surface area (Å²) in [7, 11) is 0. The van der Waals surface area contributed by atoms with E-state index in [2.05, 4.69) is 5.32 Å². The van der Waals surface area contributed by atoms with Crippen molar-refractivity contribution in [2.45, 2.75) is 180 Å². The Labute approximate surface area is 462 Å². The molecular formula is C61H77NO17. The predicted molar refractivity (Wildman–Crippen MR) is 286 cm³/mol. The maximum atomic E-state index is 15.8. The Balaban J connectivity index is 1.35. The molecule has 0 radical (unpaired) electrons. The van der Waals surface area contributed by atoms with Crippen molar-refractivity contribution in [1.29, 1.82) is 0 Å². The van der Waals surface area contributed by atoms with Crippen LogP contribution in [0.15, 0.2) is 102 Å². The van der Waals surface area contributed by atoms with Crippen LogP contribution in [0.2, 0.25) is 0 Å². The average Bonchev–Trinajstić information content (AvgIpc) is 3.22. The molecule has 1 saturated heterocycles. The highest BCUT2D eigenvalue weighted by Gasteiger charge is 2.78. The monoisotopic (exact) mass is 1100 g/mol. The zero-order valence-electron chi connectivity index (χ0n) is 47.2. The summed E-state index contributed by atoms with van der Waals surface area (Å²) < 4.78 is 49.5. The van der Waals surface area contributed by atoms with Crippen LogP contribution in [0.4, 0.5) is 0 Å². The molecule has 428 valence electrons. The van der Waals surface area contributed by atoms with Gasteiger partial charge in [0.2, 0.25) is 6.10 Å². The summed E-state index contributed by atoms with van der Waals surface area (Å²) in [6.07, 6.45) is -9.44. The highest BCUT2D eigenvalue weighted by atomic mass is 16.6. The number of carbonyl (C=O) groups is 7. The van der Waals surface area contributed by atoms with Gasteiger partial charge in [0.25, 0.3) is 5.91 Å². The van der Waals surface area contributed by atoms with Crippen LogP contribution in [0.3, 0.4) is 0 Å². The predicted octanol–water partition coefficient (Wildman–Crippen LogP) is 7.46. The Morgan fingerprint density at radius 2 is 1.37 bits per heavy atom. The summed E-state index contributed by atoms with van der Waals surface area (Å²) in [5.41, 5.74) is -8.70. The molecule has 7 rings (SSSR count). The van der Waals surface area contributed by atoms with Crippen LogP contribution in [0.1, 0.15) is 147 Å². The number of aliphatic hydroxyl groups is 2. The molecule has 1 aliphatic heterocycles. The van der Waals surface area contributed by atoms with E-state index in [4.69, 9.17) is 37.9 Å². The van der Waals surface area contributed by atoms with Gasteiger partial charge < -0.3 is 53.4 Å². The van der Waals surface area contributed by atoms with E-state index in [9.17, 15) is 34.2 Å². The van der Waals surface area contributed by atoms with Crippen molar-refractivity contribution in [2.75, 3.05) is 19.8 Å². The second-order valence-electron chi connectivity index (χ2n) is 23.3. The van der Waals surface area contributed by atoms with Gasteiger partial charge >= 0.3 is 29.8 Å². The van der Waals surface area contributed by atoms with Gasteiger partial charge in [-0.05, 0) is 102 Å². The lowest BCUT2D eigenvalue weighted by molar-refractivity contribution is -0.346. The van der Waals surface area contributed by atoms with Gasteiger partial charge in [-0.25, -0.2) is 9.59 Å². The number of benzene rings is 3. The third-order valence-electron chi connectivity index (χ3n) is 16.5. The lowest BCUT2D eigenvalue weighted by Crippen LogP contribution is -2.82. The summed E-state index contributed by atoms with van der Waals surface area (Å²) >= 11 is 0. The molecule has 3 aromatic rings. The minimum absolute atomic E-state index is 0.0338. The molecule has 18 nitrogen and oxygen atoms in total. The van der Waals surface area contributed by atoms with Crippen molar-refractivity contribution < 1.29 is 81.7 Å². The molecule has 0 spiro atoms. The molecule has 0 aromatic heterocycles. The number of hydrogen-bond donors (Lipinski definition) is 3. The van der Waals surface area contributed by atoms with Crippen molar-refractivity contribution in [3.8, 4) is 0 Å². The number of Topliss-reactive ketones (excluding diaryl/α,β-unsaturated/α-hetero) is 1. The van der Waals surface area contributed by atoms with Gasteiger partial charge in [-0.15, -0.1) is 0 Å². The van der Waals surface area contributed by atoms with Crippen molar-refractivity contribution >= 4 is 41.5 Å². The van der Waals surface area contributed by atoms with Gasteiger partial charge in [0.15, 0.2) is 17.5 Å². The van der Waals surface area contributed by atoms with Crippen LogP contribution in [0.5, 0.6) is 0 Å². The fourth-order valence-corrected chi connectivity index (χ4v) is 12.0. The molecule has 18 heteroatoms. The minimum Gasteiger partial charge on any atom is -0.455 e. The first-order valence-corrected chi connectivity index (χ1v) is 27.1. The molecule has 3 fully saturated rings. The number of amides is 1. The van der Waals surface area contributed by atoms with Crippen LogP contribution >= 0.6 is 0 Å². The van der Waals surface area contributed by atoms with Gasteiger partial charge in [0.05, 0.1) is 47.4 Å².